The highest BCUT2D eigenvalue weighted by atomic mass is 35.5. The van der Waals surface area contributed by atoms with Gasteiger partial charge in [-0.2, -0.15) is 0 Å². The van der Waals surface area contributed by atoms with Crippen LogP contribution in [0.4, 0.5) is 4.79 Å². The van der Waals surface area contributed by atoms with Crippen LogP contribution < -0.4 is 5.32 Å². The Morgan fingerprint density at radius 1 is 1.22 bits per heavy atom. The highest BCUT2D eigenvalue weighted by Gasteiger charge is 2.48. The van der Waals surface area contributed by atoms with E-state index in [2.05, 4.69) is 10.3 Å². The van der Waals surface area contributed by atoms with Crippen molar-refractivity contribution in [2.75, 3.05) is 6.54 Å². The quantitative estimate of drug-likeness (QED) is 0.877. The number of imide groups is 1. The second-order valence-corrected chi connectivity index (χ2v) is 6.03. The first-order valence-corrected chi connectivity index (χ1v) is 7.68. The number of carbonyl (C=O) groups is 2. The highest BCUT2D eigenvalue weighted by molar-refractivity contribution is 6.30. The number of urea groups is 1. The minimum atomic E-state index is -1.09. The zero-order valence-corrected chi connectivity index (χ0v) is 13.4. The van der Waals surface area contributed by atoms with Crippen LogP contribution in [0.2, 0.25) is 5.02 Å². The van der Waals surface area contributed by atoms with Crippen LogP contribution in [0.1, 0.15) is 18.2 Å². The van der Waals surface area contributed by atoms with Crippen LogP contribution in [0, 0.1) is 0 Å². The van der Waals surface area contributed by atoms with Crippen molar-refractivity contribution < 1.29 is 9.59 Å². The van der Waals surface area contributed by atoms with Crippen molar-refractivity contribution in [2.45, 2.75) is 18.9 Å². The maximum atomic E-state index is 12.7. The summed E-state index contributed by atoms with van der Waals surface area (Å²) in [4.78, 5) is 30.4. The molecule has 1 fully saturated rings. The topological polar surface area (TPSA) is 62.3 Å². The molecule has 118 valence electrons. The third-order valence-corrected chi connectivity index (χ3v) is 4.23. The molecule has 3 rings (SSSR count). The third kappa shape index (κ3) is 2.92. The molecule has 0 spiro atoms. The van der Waals surface area contributed by atoms with Gasteiger partial charge in [-0.3, -0.25) is 14.7 Å². The van der Waals surface area contributed by atoms with Gasteiger partial charge in [0.15, 0.2) is 0 Å². The summed E-state index contributed by atoms with van der Waals surface area (Å²) >= 11 is 6.00. The Morgan fingerprint density at radius 3 is 2.74 bits per heavy atom. The predicted octanol–water partition coefficient (Wildman–Crippen LogP) is 2.74. The molecular formula is C17H16ClN3O2. The van der Waals surface area contributed by atoms with Crippen molar-refractivity contribution in [3.05, 3.63) is 64.9 Å². The SMILES string of the molecule is CC1(c2cccc(Cl)c2)NC(=O)N(CCc2ccccn2)C1=O. The van der Waals surface area contributed by atoms with Crippen molar-refractivity contribution in [1.29, 1.82) is 0 Å². The van der Waals surface area contributed by atoms with Gasteiger partial charge in [-0.1, -0.05) is 29.8 Å². The fraction of sp³-hybridized carbons (Fsp3) is 0.235. The molecule has 0 radical (unpaired) electrons. The summed E-state index contributed by atoms with van der Waals surface area (Å²) in [6.07, 6.45) is 2.21. The van der Waals surface area contributed by atoms with Crippen LogP contribution in [0.5, 0.6) is 0 Å². The Labute approximate surface area is 139 Å². The number of hydrogen-bond acceptors (Lipinski definition) is 3. The molecule has 3 amide bonds. The van der Waals surface area contributed by atoms with Crippen LogP contribution in [0.15, 0.2) is 48.7 Å². The first-order chi connectivity index (χ1) is 11.0. The number of amides is 3. The van der Waals surface area contributed by atoms with E-state index in [1.165, 1.54) is 4.90 Å². The van der Waals surface area contributed by atoms with Crippen molar-refractivity contribution in [2.24, 2.45) is 0 Å². The number of halogens is 1. The van der Waals surface area contributed by atoms with E-state index < -0.39 is 11.6 Å². The maximum absolute atomic E-state index is 12.7. The van der Waals surface area contributed by atoms with E-state index in [9.17, 15) is 9.59 Å². The molecule has 1 saturated heterocycles. The summed E-state index contributed by atoms with van der Waals surface area (Å²) in [5.41, 5.74) is 0.416. The number of pyridine rings is 1. The molecule has 0 aliphatic carbocycles. The van der Waals surface area contributed by atoms with Crippen LogP contribution in [0.25, 0.3) is 0 Å². The summed E-state index contributed by atoms with van der Waals surface area (Å²) in [6.45, 7) is 1.98. The number of hydrogen-bond donors (Lipinski definition) is 1. The number of benzene rings is 1. The van der Waals surface area contributed by atoms with Crippen LogP contribution in [0.3, 0.4) is 0 Å². The van der Waals surface area contributed by atoms with Gasteiger partial charge in [-0.15, -0.1) is 0 Å². The van der Waals surface area contributed by atoms with Crippen molar-refractivity contribution in [1.82, 2.24) is 15.2 Å². The van der Waals surface area contributed by atoms with E-state index in [1.807, 2.05) is 18.2 Å². The second kappa shape index (κ2) is 6.01. The van der Waals surface area contributed by atoms with Gasteiger partial charge in [0.05, 0.1) is 0 Å². The number of aromatic nitrogens is 1. The van der Waals surface area contributed by atoms with E-state index in [1.54, 1.807) is 37.4 Å². The minimum Gasteiger partial charge on any atom is -0.319 e. The lowest BCUT2D eigenvalue weighted by Gasteiger charge is -2.22. The number of nitrogens with one attached hydrogen (secondary N) is 1. The average molecular weight is 330 g/mol. The largest absolute Gasteiger partial charge is 0.325 e. The van der Waals surface area contributed by atoms with Crippen molar-refractivity contribution >= 4 is 23.5 Å². The molecule has 6 heteroatoms. The molecule has 1 aliphatic heterocycles. The molecule has 2 aromatic rings. The molecule has 0 bridgehead atoms. The fourth-order valence-electron chi connectivity index (χ4n) is 2.67. The van der Waals surface area contributed by atoms with Gasteiger partial charge >= 0.3 is 6.03 Å². The molecule has 1 atom stereocenters. The smallest absolute Gasteiger partial charge is 0.319 e. The molecule has 1 N–H and O–H groups in total. The minimum absolute atomic E-state index is 0.277. The number of carbonyl (C=O) groups excluding carboxylic acids is 2. The van der Waals surface area contributed by atoms with Gasteiger partial charge in [-0.05, 0) is 36.8 Å². The summed E-state index contributed by atoms with van der Waals surface area (Å²) in [5, 5.41) is 3.29. The van der Waals surface area contributed by atoms with Crippen LogP contribution in [-0.2, 0) is 16.8 Å². The molecule has 1 aromatic carbocycles. The third-order valence-electron chi connectivity index (χ3n) is 3.99. The Morgan fingerprint density at radius 2 is 2.04 bits per heavy atom. The molecule has 23 heavy (non-hydrogen) atoms. The Bertz CT molecular complexity index is 751. The molecule has 1 aromatic heterocycles. The van der Waals surface area contributed by atoms with E-state index in [-0.39, 0.29) is 12.5 Å². The summed E-state index contributed by atoms with van der Waals surface area (Å²) < 4.78 is 0. The van der Waals surface area contributed by atoms with Crippen molar-refractivity contribution in [3.63, 3.8) is 0 Å². The van der Waals surface area contributed by atoms with Gasteiger partial charge in [-0.25, -0.2) is 4.79 Å². The fourth-order valence-corrected chi connectivity index (χ4v) is 2.86. The predicted molar refractivity (Wildman–Crippen MR) is 87.0 cm³/mol. The lowest BCUT2D eigenvalue weighted by molar-refractivity contribution is -0.131. The van der Waals surface area contributed by atoms with E-state index in [4.69, 9.17) is 11.6 Å². The first-order valence-electron chi connectivity index (χ1n) is 7.31. The Balaban J connectivity index is 1.79. The van der Waals surface area contributed by atoms with Crippen LogP contribution in [-0.4, -0.2) is 28.4 Å². The summed E-state index contributed by atoms with van der Waals surface area (Å²) in [5.74, 6) is -0.277. The molecule has 0 saturated carbocycles. The van der Waals surface area contributed by atoms with E-state index in [0.717, 1.165) is 5.69 Å². The lowest BCUT2D eigenvalue weighted by atomic mass is 9.92. The summed E-state index contributed by atoms with van der Waals surface area (Å²) in [6, 6.07) is 12.2. The average Bonchev–Trinajstić information content (AvgIpc) is 2.77. The van der Waals surface area contributed by atoms with E-state index >= 15 is 0 Å². The summed E-state index contributed by atoms with van der Waals surface area (Å²) in [7, 11) is 0. The normalized spacial score (nSPS) is 20.7. The van der Waals surface area contributed by atoms with Gasteiger partial charge < -0.3 is 5.32 Å². The number of nitrogens with zero attached hydrogens (tertiary/aromatic N) is 2. The molecule has 5 nitrogen and oxygen atoms in total. The molecule has 1 aliphatic rings. The molecule has 1 unspecified atom stereocenters. The highest BCUT2D eigenvalue weighted by Crippen LogP contribution is 2.30. The van der Waals surface area contributed by atoms with Crippen molar-refractivity contribution in [3.8, 4) is 0 Å². The van der Waals surface area contributed by atoms with Gasteiger partial charge in [0, 0.05) is 29.9 Å². The van der Waals surface area contributed by atoms with Gasteiger partial charge in [0.1, 0.15) is 5.54 Å². The zero-order valence-electron chi connectivity index (χ0n) is 12.6. The second-order valence-electron chi connectivity index (χ2n) is 5.59. The Hall–Kier alpha value is -2.40. The van der Waals surface area contributed by atoms with E-state index in [0.29, 0.717) is 17.0 Å². The Kier molecular flexibility index (Phi) is 4.05. The van der Waals surface area contributed by atoms with Gasteiger partial charge in [0.2, 0.25) is 0 Å². The lowest BCUT2D eigenvalue weighted by Crippen LogP contribution is -2.41. The maximum Gasteiger partial charge on any atom is 0.325 e. The standard InChI is InChI=1S/C17H16ClN3O2/c1-17(12-5-4-6-13(18)11-12)15(22)21(16(23)20-17)10-8-14-7-2-3-9-19-14/h2-7,9,11H,8,10H2,1H3,(H,20,23). The van der Waals surface area contributed by atoms with Gasteiger partial charge in [0.25, 0.3) is 5.91 Å². The molecular weight excluding hydrogens is 314 g/mol. The zero-order chi connectivity index (χ0) is 16.4. The number of rotatable bonds is 4. The monoisotopic (exact) mass is 329 g/mol. The van der Waals surface area contributed by atoms with Crippen LogP contribution >= 0.6 is 11.6 Å². The molecule has 2 heterocycles. The first kappa shape index (κ1) is 15.5.